The van der Waals surface area contributed by atoms with Crippen LogP contribution in [0.2, 0.25) is 0 Å². The van der Waals surface area contributed by atoms with Crippen molar-refractivity contribution in [3.8, 4) is 0 Å². The van der Waals surface area contributed by atoms with Crippen LogP contribution >= 0.6 is 0 Å². The van der Waals surface area contributed by atoms with Crippen molar-refractivity contribution in [2.45, 2.75) is 13.1 Å². The summed E-state index contributed by atoms with van der Waals surface area (Å²) in [4.78, 5) is 0. The molecule has 1 atom stereocenters. The third kappa shape index (κ3) is 9.15. The lowest BCUT2D eigenvalue weighted by molar-refractivity contribution is 0.263. The lowest BCUT2D eigenvalue weighted by atomic mass is 10.4. The average molecular weight is 220 g/mol. The smallest absolute Gasteiger partial charge is 0.179 e. The quantitative estimate of drug-likeness (QED) is 0.632. The molecule has 0 aromatic rings. The van der Waals surface area contributed by atoms with Crippen LogP contribution in [0.3, 0.4) is 0 Å². The second-order valence-corrected chi connectivity index (χ2v) is 2.14. The molecular weight excluding hydrogens is 210 g/mol. The highest BCUT2D eigenvalue weighted by Crippen LogP contribution is 2.05. The van der Waals surface area contributed by atoms with Crippen molar-refractivity contribution in [2.24, 2.45) is 0 Å². The summed E-state index contributed by atoms with van der Waals surface area (Å²) in [7, 11) is 0. The summed E-state index contributed by atoms with van der Waals surface area (Å²) in [6, 6.07) is 0. The van der Waals surface area contributed by atoms with Crippen LogP contribution in [0.4, 0.5) is 26.3 Å². The Morgan fingerprint density at radius 2 is 1.64 bits per heavy atom. The van der Waals surface area contributed by atoms with Crippen LogP contribution in [0.5, 0.6) is 0 Å². The van der Waals surface area contributed by atoms with Crippen molar-refractivity contribution in [1.29, 1.82) is 0 Å². The van der Waals surface area contributed by atoms with Gasteiger partial charge in [0.15, 0.2) is 12.0 Å². The van der Waals surface area contributed by atoms with E-state index in [9.17, 15) is 26.3 Å². The normalized spacial score (nSPS) is 13.6. The van der Waals surface area contributed by atoms with Crippen molar-refractivity contribution in [2.75, 3.05) is 13.3 Å². The average Bonchev–Trinajstić information content (AvgIpc) is 2.15. The molecular formula is C8H10F6. The summed E-state index contributed by atoms with van der Waals surface area (Å²) in [5, 5.41) is 0. The predicted molar refractivity (Wildman–Crippen MR) is 42.0 cm³/mol. The van der Waals surface area contributed by atoms with E-state index in [2.05, 4.69) is 6.58 Å². The molecule has 0 aliphatic rings. The van der Waals surface area contributed by atoms with E-state index in [0.717, 1.165) is 6.92 Å². The molecule has 0 amide bonds. The van der Waals surface area contributed by atoms with Crippen LogP contribution in [0.1, 0.15) is 6.92 Å². The second kappa shape index (κ2) is 8.65. The van der Waals surface area contributed by atoms with E-state index in [1.807, 2.05) is 0 Å². The SMILES string of the molecule is C=C(F)C(F)CF.CC(F)=C(F)CF. The predicted octanol–water partition coefficient (Wildman–Crippen LogP) is 3.90. The van der Waals surface area contributed by atoms with Gasteiger partial charge in [-0.25, -0.2) is 26.3 Å². The van der Waals surface area contributed by atoms with Crippen LogP contribution in [-0.2, 0) is 0 Å². The number of rotatable bonds is 3. The largest absolute Gasteiger partial charge is 0.247 e. The van der Waals surface area contributed by atoms with Gasteiger partial charge in [-0.3, -0.25) is 0 Å². The van der Waals surface area contributed by atoms with E-state index in [0.29, 0.717) is 0 Å². The Hall–Kier alpha value is -0.940. The van der Waals surface area contributed by atoms with Crippen molar-refractivity contribution < 1.29 is 26.3 Å². The Bertz CT molecular complexity index is 194. The summed E-state index contributed by atoms with van der Waals surface area (Å²) in [5.74, 6) is -3.65. The van der Waals surface area contributed by atoms with E-state index in [1.54, 1.807) is 0 Å². The molecule has 0 aliphatic carbocycles. The van der Waals surface area contributed by atoms with Gasteiger partial charge in [0.05, 0.1) is 0 Å². The fourth-order valence-electron chi connectivity index (χ4n) is 0.176. The molecule has 0 nitrogen and oxygen atoms in total. The summed E-state index contributed by atoms with van der Waals surface area (Å²) in [6.07, 6.45) is -2.13. The van der Waals surface area contributed by atoms with Gasteiger partial charge < -0.3 is 0 Å². The van der Waals surface area contributed by atoms with Crippen molar-refractivity contribution in [3.05, 3.63) is 24.1 Å². The Morgan fingerprint density at radius 3 is 1.64 bits per heavy atom. The molecule has 0 bridgehead atoms. The first-order valence-corrected chi connectivity index (χ1v) is 3.47. The minimum absolute atomic E-state index is 0.870. The zero-order valence-electron chi connectivity index (χ0n) is 7.47. The minimum Gasteiger partial charge on any atom is -0.247 e. The minimum atomic E-state index is -2.13. The van der Waals surface area contributed by atoms with Gasteiger partial charge in [-0.05, 0) is 6.92 Å². The van der Waals surface area contributed by atoms with E-state index in [-0.39, 0.29) is 0 Å². The van der Waals surface area contributed by atoms with E-state index < -0.39 is 37.0 Å². The molecule has 1 unspecified atom stereocenters. The fraction of sp³-hybridized carbons (Fsp3) is 0.500. The van der Waals surface area contributed by atoms with Crippen molar-refractivity contribution in [1.82, 2.24) is 0 Å². The number of hydrogen-bond acceptors (Lipinski definition) is 0. The number of allylic oxidation sites excluding steroid dienone is 3. The monoisotopic (exact) mass is 220 g/mol. The van der Waals surface area contributed by atoms with Crippen LogP contribution < -0.4 is 0 Å². The van der Waals surface area contributed by atoms with Gasteiger partial charge in [0.1, 0.15) is 25.0 Å². The second-order valence-electron chi connectivity index (χ2n) is 2.14. The molecule has 0 saturated carbocycles. The maximum absolute atomic E-state index is 11.4. The molecule has 0 radical (unpaired) electrons. The van der Waals surface area contributed by atoms with E-state index in [1.165, 1.54) is 0 Å². The van der Waals surface area contributed by atoms with Gasteiger partial charge in [0.25, 0.3) is 0 Å². The Morgan fingerprint density at radius 1 is 1.21 bits per heavy atom. The highest BCUT2D eigenvalue weighted by atomic mass is 19.2. The summed E-state index contributed by atoms with van der Waals surface area (Å²) in [5.41, 5.74) is 0. The molecule has 0 fully saturated rings. The Kier molecular flexibility index (Phi) is 9.59. The van der Waals surface area contributed by atoms with Gasteiger partial charge in [-0.2, -0.15) is 0 Å². The molecule has 0 aliphatic heterocycles. The first-order valence-electron chi connectivity index (χ1n) is 3.47. The Labute approximate surface area is 77.9 Å². The molecule has 0 saturated heterocycles. The first kappa shape index (κ1) is 15.5. The molecule has 0 heterocycles. The first-order chi connectivity index (χ1) is 6.36. The summed E-state index contributed by atoms with van der Waals surface area (Å²) >= 11 is 0. The number of alkyl halides is 3. The third-order valence-electron chi connectivity index (χ3n) is 0.966. The molecule has 14 heavy (non-hydrogen) atoms. The maximum Gasteiger partial charge on any atom is 0.179 e. The lowest BCUT2D eigenvalue weighted by Crippen LogP contribution is -2.00. The van der Waals surface area contributed by atoms with Gasteiger partial charge in [-0.15, -0.1) is 0 Å². The highest BCUT2D eigenvalue weighted by Gasteiger charge is 2.07. The third-order valence-corrected chi connectivity index (χ3v) is 0.966. The van der Waals surface area contributed by atoms with Crippen molar-refractivity contribution >= 4 is 0 Å². The van der Waals surface area contributed by atoms with Crippen LogP contribution in [0.15, 0.2) is 24.1 Å². The van der Waals surface area contributed by atoms with Gasteiger partial charge >= 0.3 is 0 Å². The fourth-order valence-corrected chi connectivity index (χ4v) is 0.176. The standard InChI is InChI=1S/2C4H5F3/c2*1-3(6)4(7)2-5/h2H2,1H3;4H,1-2H2. The molecule has 0 spiro atoms. The van der Waals surface area contributed by atoms with Crippen molar-refractivity contribution in [3.63, 3.8) is 0 Å². The van der Waals surface area contributed by atoms with E-state index in [4.69, 9.17) is 0 Å². The van der Waals surface area contributed by atoms with Gasteiger partial charge in [-0.1, -0.05) is 6.58 Å². The summed E-state index contributed by atoms with van der Waals surface area (Å²) in [6.45, 7) is 0.745. The zero-order valence-corrected chi connectivity index (χ0v) is 7.47. The Balaban J connectivity index is 0. The van der Waals surface area contributed by atoms with Gasteiger partial charge in [0.2, 0.25) is 0 Å². The zero-order chi connectivity index (χ0) is 11.7. The van der Waals surface area contributed by atoms with E-state index >= 15 is 0 Å². The maximum atomic E-state index is 11.4. The molecule has 0 aromatic heterocycles. The molecule has 84 valence electrons. The van der Waals surface area contributed by atoms with Crippen LogP contribution in [-0.4, -0.2) is 19.5 Å². The number of hydrogen-bond donors (Lipinski definition) is 0. The molecule has 0 aromatic carbocycles. The summed E-state index contributed by atoms with van der Waals surface area (Å²) < 4.78 is 67.4. The molecule has 6 heteroatoms. The molecule has 0 N–H and O–H groups in total. The van der Waals surface area contributed by atoms with Crippen LogP contribution in [0, 0.1) is 0 Å². The molecule has 0 rings (SSSR count). The topological polar surface area (TPSA) is 0 Å². The van der Waals surface area contributed by atoms with Crippen LogP contribution in [0.25, 0.3) is 0 Å². The highest BCUT2D eigenvalue weighted by molar-refractivity contribution is 4.95. The lowest BCUT2D eigenvalue weighted by Gasteiger charge is -1.93. The van der Waals surface area contributed by atoms with Gasteiger partial charge in [0, 0.05) is 0 Å². The number of halogens is 6.